The third-order valence-corrected chi connectivity index (χ3v) is 4.18. The summed E-state index contributed by atoms with van der Waals surface area (Å²) in [5.74, 6) is -0.947. The fourth-order valence-corrected chi connectivity index (χ4v) is 2.68. The number of amides is 2. The van der Waals surface area contributed by atoms with E-state index in [-0.39, 0.29) is 18.4 Å². The molecular weight excluding hydrogens is 332 g/mol. The number of benzene rings is 2. The van der Waals surface area contributed by atoms with Crippen LogP contribution in [-0.4, -0.2) is 24.4 Å². The lowest BCUT2D eigenvalue weighted by atomic mass is 10.0. The molecule has 0 radical (unpaired) electrons. The van der Waals surface area contributed by atoms with Gasteiger partial charge in [-0.25, -0.2) is 4.79 Å². The number of fused-ring (bicyclic) bond motifs is 1. The maximum Gasteiger partial charge on any atom is 0.338 e. The van der Waals surface area contributed by atoms with Gasteiger partial charge in [0.2, 0.25) is 5.91 Å². The van der Waals surface area contributed by atoms with Gasteiger partial charge >= 0.3 is 5.97 Å². The molecule has 6 heteroatoms. The number of rotatable bonds is 5. The highest BCUT2D eigenvalue weighted by Gasteiger charge is 2.17. The number of anilines is 1. The van der Waals surface area contributed by atoms with E-state index in [1.54, 1.807) is 18.2 Å². The Balaban J connectivity index is 1.49. The third-order valence-electron chi connectivity index (χ3n) is 4.18. The molecule has 2 aromatic carbocycles. The predicted molar refractivity (Wildman–Crippen MR) is 96.7 cm³/mol. The van der Waals surface area contributed by atoms with Gasteiger partial charge in [0.1, 0.15) is 0 Å². The minimum absolute atomic E-state index is 0.0296. The normalized spacial score (nSPS) is 12.7. The van der Waals surface area contributed by atoms with Crippen LogP contribution in [0.25, 0.3) is 0 Å². The molecule has 0 spiro atoms. The molecule has 6 nitrogen and oxygen atoms in total. The van der Waals surface area contributed by atoms with Crippen LogP contribution >= 0.6 is 0 Å². The average molecular weight is 352 g/mol. The molecular formula is C20H20N2O4. The van der Waals surface area contributed by atoms with Crippen LogP contribution in [0.4, 0.5) is 5.69 Å². The molecule has 0 aliphatic carbocycles. The van der Waals surface area contributed by atoms with E-state index in [1.165, 1.54) is 0 Å². The van der Waals surface area contributed by atoms with E-state index < -0.39 is 5.97 Å². The lowest BCUT2D eigenvalue weighted by Crippen LogP contribution is -2.28. The Bertz CT molecular complexity index is 843. The number of carbonyl (C=O) groups excluding carboxylic acids is 3. The summed E-state index contributed by atoms with van der Waals surface area (Å²) in [6.07, 6.45) is 0.978. The van der Waals surface area contributed by atoms with Crippen LogP contribution in [0.3, 0.4) is 0 Å². The average Bonchev–Trinajstić information content (AvgIpc) is 2.65. The molecule has 0 aromatic heterocycles. The van der Waals surface area contributed by atoms with Crippen LogP contribution in [0.15, 0.2) is 42.5 Å². The second-order valence-electron chi connectivity index (χ2n) is 6.26. The van der Waals surface area contributed by atoms with Gasteiger partial charge in [-0.3, -0.25) is 9.59 Å². The first-order chi connectivity index (χ1) is 12.5. The van der Waals surface area contributed by atoms with Gasteiger partial charge in [0.05, 0.1) is 5.56 Å². The van der Waals surface area contributed by atoms with Crippen molar-refractivity contribution < 1.29 is 19.1 Å². The van der Waals surface area contributed by atoms with Crippen molar-refractivity contribution in [2.45, 2.75) is 26.3 Å². The minimum Gasteiger partial charge on any atom is -0.452 e. The number of hydrogen-bond donors (Lipinski definition) is 2. The van der Waals surface area contributed by atoms with Gasteiger partial charge in [0.15, 0.2) is 6.61 Å². The van der Waals surface area contributed by atoms with Gasteiger partial charge in [-0.1, -0.05) is 29.8 Å². The van der Waals surface area contributed by atoms with E-state index >= 15 is 0 Å². The second kappa shape index (κ2) is 7.82. The summed E-state index contributed by atoms with van der Waals surface area (Å²) in [5.41, 5.74) is 4.10. The standard InChI is InChI=1S/C20H20N2O4/c1-13-2-4-14(5-3-13)11-21-19(24)12-26-20(25)16-6-8-17-15(10-16)7-9-18(23)22-17/h2-6,8,10H,7,9,11-12H2,1H3,(H,21,24)(H,22,23). The monoisotopic (exact) mass is 352 g/mol. The molecule has 1 heterocycles. The number of aryl methyl sites for hydroxylation is 2. The maximum atomic E-state index is 12.1. The van der Waals surface area contributed by atoms with Crippen molar-refractivity contribution in [3.63, 3.8) is 0 Å². The highest BCUT2D eigenvalue weighted by molar-refractivity contribution is 5.96. The fourth-order valence-electron chi connectivity index (χ4n) is 2.68. The molecule has 0 saturated carbocycles. The summed E-state index contributed by atoms with van der Waals surface area (Å²) in [6.45, 7) is 2.05. The van der Waals surface area contributed by atoms with Crippen molar-refractivity contribution in [3.8, 4) is 0 Å². The highest BCUT2D eigenvalue weighted by atomic mass is 16.5. The highest BCUT2D eigenvalue weighted by Crippen LogP contribution is 2.23. The molecule has 0 unspecified atom stereocenters. The largest absolute Gasteiger partial charge is 0.452 e. The Morgan fingerprint density at radius 3 is 2.65 bits per heavy atom. The summed E-state index contributed by atoms with van der Waals surface area (Å²) < 4.78 is 5.07. The first kappa shape index (κ1) is 17.7. The van der Waals surface area contributed by atoms with Crippen molar-refractivity contribution in [2.75, 3.05) is 11.9 Å². The molecule has 26 heavy (non-hydrogen) atoms. The van der Waals surface area contributed by atoms with Gasteiger partial charge in [0.25, 0.3) is 5.91 Å². The van der Waals surface area contributed by atoms with Crippen LogP contribution in [0.5, 0.6) is 0 Å². The smallest absolute Gasteiger partial charge is 0.338 e. The molecule has 2 aromatic rings. The molecule has 1 aliphatic rings. The molecule has 2 N–H and O–H groups in total. The first-order valence-corrected chi connectivity index (χ1v) is 8.43. The summed E-state index contributed by atoms with van der Waals surface area (Å²) in [4.78, 5) is 35.3. The van der Waals surface area contributed by atoms with Crippen molar-refractivity contribution in [1.29, 1.82) is 0 Å². The zero-order valence-corrected chi connectivity index (χ0v) is 14.5. The molecule has 0 bridgehead atoms. The van der Waals surface area contributed by atoms with Gasteiger partial charge in [-0.05, 0) is 42.7 Å². The van der Waals surface area contributed by atoms with E-state index in [0.717, 1.165) is 16.7 Å². The Labute approximate surface area is 151 Å². The molecule has 2 amide bonds. The zero-order chi connectivity index (χ0) is 18.5. The fraction of sp³-hybridized carbons (Fsp3) is 0.250. The molecule has 3 rings (SSSR count). The van der Waals surface area contributed by atoms with E-state index in [1.807, 2.05) is 31.2 Å². The predicted octanol–water partition coefficient (Wildman–Crippen LogP) is 2.35. The van der Waals surface area contributed by atoms with E-state index in [4.69, 9.17) is 4.74 Å². The van der Waals surface area contributed by atoms with Gasteiger partial charge < -0.3 is 15.4 Å². The summed E-state index contributed by atoms with van der Waals surface area (Å²) >= 11 is 0. The maximum absolute atomic E-state index is 12.1. The van der Waals surface area contributed by atoms with Crippen LogP contribution in [0.2, 0.25) is 0 Å². The SMILES string of the molecule is Cc1ccc(CNC(=O)COC(=O)c2ccc3c(c2)CCC(=O)N3)cc1. The van der Waals surface area contributed by atoms with E-state index in [0.29, 0.717) is 30.6 Å². The van der Waals surface area contributed by atoms with Crippen LogP contribution in [-0.2, 0) is 27.3 Å². The Hall–Kier alpha value is -3.15. The van der Waals surface area contributed by atoms with Crippen LogP contribution < -0.4 is 10.6 Å². The second-order valence-corrected chi connectivity index (χ2v) is 6.26. The minimum atomic E-state index is -0.560. The van der Waals surface area contributed by atoms with Crippen molar-refractivity contribution in [2.24, 2.45) is 0 Å². The van der Waals surface area contributed by atoms with Gasteiger partial charge in [-0.2, -0.15) is 0 Å². The Morgan fingerprint density at radius 1 is 1.12 bits per heavy atom. The Kier molecular flexibility index (Phi) is 5.31. The van der Waals surface area contributed by atoms with E-state index in [2.05, 4.69) is 10.6 Å². The Morgan fingerprint density at radius 2 is 1.88 bits per heavy atom. The number of carbonyl (C=O) groups is 3. The topological polar surface area (TPSA) is 84.5 Å². The summed E-state index contributed by atoms with van der Waals surface area (Å²) in [7, 11) is 0. The van der Waals surface area contributed by atoms with Gasteiger partial charge in [0, 0.05) is 18.7 Å². The van der Waals surface area contributed by atoms with E-state index in [9.17, 15) is 14.4 Å². The van der Waals surface area contributed by atoms with Gasteiger partial charge in [-0.15, -0.1) is 0 Å². The number of nitrogens with one attached hydrogen (secondary N) is 2. The first-order valence-electron chi connectivity index (χ1n) is 8.43. The van der Waals surface area contributed by atoms with Crippen molar-refractivity contribution >= 4 is 23.5 Å². The van der Waals surface area contributed by atoms with Crippen LogP contribution in [0.1, 0.15) is 33.5 Å². The van der Waals surface area contributed by atoms with Crippen LogP contribution in [0, 0.1) is 6.92 Å². The lowest BCUT2D eigenvalue weighted by molar-refractivity contribution is -0.124. The molecule has 0 saturated heterocycles. The molecule has 0 atom stereocenters. The number of hydrogen-bond acceptors (Lipinski definition) is 4. The van der Waals surface area contributed by atoms with Crippen molar-refractivity contribution in [3.05, 3.63) is 64.7 Å². The molecule has 134 valence electrons. The molecule has 0 fully saturated rings. The zero-order valence-electron chi connectivity index (χ0n) is 14.5. The third kappa shape index (κ3) is 4.47. The summed E-state index contributed by atoms with van der Waals surface area (Å²) in [6, 6.07) is 12.8. The number of ether oxygens (including phenoxy) is 1. The summed E-state index contributed by atoms with van der Waals surface area (Å²) in [5, 5.41) is 5.47. The molecule has 1 aliphatic heterocycles. The van der Waals surface area contributed by atoms with Crippen molar-refractivity contribution in [1.82, 2.24) is 5.32 Å². The lowest BCUT2D eigenvalue weighted by Gasteiger charge is -2.17. The quantitative estimate of drug-likeness (QED) is 0.809. The number of esters is 1.